The van der Waals surface area contributed by atoms with E-state index in [4.69, 9.17) is 4.74 Å². The summed E-state index contributed by atoms with van der Waals surface area (Å²) in [6.45, 7) is 2.00. The van der Waals surface area contributed by atoms with Crippen LogP contribution in [0.4, 0.5) is 0 Å². The molecule has 3 N–H and O–H groups in total. The van der Waals surface area contributed by atoms with Crippen LogP contribution in [0.15, 0.2) is 18.2 Å². The van der Waals surface area contributed by atoms with Crippen molar-refractivity contribution in [2.24, 2.45) is 0 Å². The van der Waals surface area contributed by atoms with Crippen LogP contribution in [0, 0.1) is 0 Å². The van der Waals surface area contributed by atoms with Crippen molar-refractivity contribution in [2.75, 3.05) is 6.61 Å². The zero-order valence-electron chi connectivity index (χ0n) is 8.65. The highest BCUT2D eigenvalue weighted by atomic mass is 16.5. The molecule has 1 aromatic carbocycles. The second kappa shape index (κ2) is 3.77. The number of hydrogen-bond donors (Lipinski definition) is 3. The Morgan fingerprint density at radius 3 is 2.81 bits per heavy atom. The number of hydrogen-bond acceptors (Lipinski definition) is 4. The molecule has 0 amide bonds. The highest BCUT2D eigenvalue weighted by Gasteiger charge is 2.12. The minimum Gasteiger partial charge on any atom is -0.508 e. The van der Waals surface area contributed by atoms with Crippen molar-refractivity contribution in [3.8, 4) is 11.5 Å². The molecule has 0 spiro atoms. The predicted molar refractivity (Wildman–Crippen MR) is 57.6 cm³/mol. The Balaban J connectivity index is 2.51. The normalized spacial score (nSPS) is 10.6. The van der Waals surface area contributed by atoms with Crippen molar-refractivity contribution in [2.45, 2.75) is 6.92 Å². The molecule has 0 radical (unpaired) electrons. The monoisotopic (exact) mass is 221 g/mol. The number of esters is 1. The summed E-state index contributed by atoms with van der Waals surface area (Å²) in [6.07, 6.45) is 0. The summed E-state index contributed by atoms with van der Waals surface area (Å²) in [5.41, 5.74) is 0.735. The Morgan fingerprint density at radius 2 is 2.12 bits per heavy atom. The number of rotatable bonds is 2. The molecule has 16 heavy (non-hydrogen) atoms. The maximum Gasteiger partial charge on any atom is 0.354 e. The van der Waals surface area contributed by atoms with Gasteiger partial charge in [0.25, 0.3) is 0 Å². The van der Waals surface area contributed by atoms with E-state index in [1.165, 1.54) is 18.2 Å². The Bertz CT molecular complexity index is 544. The average molecular weight is 221 g/mol. The van der Waals surface area contributed by atoms with Crippen molar-refractivity contribution in [3.63, 3.8) is 0 Å². The Labute approximate surface area is 91.3 Å². The molecule has 1 heterocycles. The van der Waals surface area contributed by atoms with Gasteiger partial charge in [-0.2, -0.15) is 0 Å². The summed E-state index contributed by atoms with van der Waals surface area (Å²) in [6, 6.07) is 4.13. The van der Waals surface area contributed by atoms with E-state index in [1.54, 1.807) is 6.92 Å². The van der Waals surface area contributed by atoms with Gasteiger partial charge in [0.05, 0.1) is 12.1 Å². The van der Waals surface area contributed by atoms with Crippen LogP contribution < -0.4 is 0 Å². The molecule has 0 saturated carbocycles. The smallest absolute Gasteiger partial charge is 0.354 e. The highest BCUT2D eigenvalue weighted by molar-refractivity contribution is 5.97. The van der Waals surface area contributed by atoms with Gasteiger partial charge < -0.3 is 19.9 Å². The van der Waals surface area contributed by atoms with Crippen molar-refractivity contribution in [1.82, 2.24) is 4.98 Å². The van der Waals surface area contributed by atoms with E-state index in [0.29, 0.717) is 10.9 Å². The molecule has 0 aliphatic rings. The number of aromatic nitrogens is 1. The van der Waals surface area contributed by atoms with Gasteiger partial charge in [0.2, 0.25) is 0 Å². The van der Waals surface area contributed by atoms with Crippen molar-refractivity contribution >= 4 is 16.9 Å². The third-order valence-corrected chi connectivity index (χ3v) is 2.20. The van der Waals surface area contributed by atoms with Crippen molar-refractivity contribution < 1.29 is 19.7 Å². The molecule has 0 aliphatic carbocycles. The van der Waals surface area contributed by atoms with Crippen LogP contribution in [0.5, 0.6) is 11.5 Å². The lowest BCUT2D eigenvalue weighted by Gasteiger charge is -1.96. The largest absolute Gasteiger partial charge is 0.508 e. The highest BCUT2D eigenvalue weighted by Crippen LogP contribution is 2.30. The molecule has 0 bridgehead atoms. The lowest BCUT2D eigenvalue weighted by molar-refractivity contribution is 0.0520. The molecular formula is C11H11NO4. The number of phenolic OH excluding ortho intramolecular Hbond substituents is 2. The second-order valence-electron chi connectivity index (χ2n) is 3.33. The number of phenols is 2. The van der Waals surface area contributed by atoms with Crippen molar-refractivity contribution in [1.29, 1.82) is 0 Å². The number of aromatic hydroxyl groups is 2. The number of H-pyrrole nitrogens is 1. The SMILES string of the molecule is CCOC(=O)c1cc2c(O)cc(O)cc2[nH]1. The summed E-state index contributed by atoms with van der Waals surface area (Å²) in [5, 5.41) is 19.3. The Hall–Kier alpha value is -2.17. The standard InChI is InChI=1S/C11H11NO4/c1-2-16-11(15)9-5-7-8(12-9)3-6(13)4-10(7)14/h3-5,12-14H,2H2,1H3. The van der Waals surface area contributed by atoms with Crippen molar-refractivity contribution in [3.05, 3.63) is 23.9 Å². The first-order valence-electron chi connectivity index (χ1n) is 4.83. The van der Waals surface area contributed by atoms with Crippen LogP contribution in [0.3, 0.4) is 0 Å². The number of aromatic amines is 1. The third-order valence-electron chi connectivity index (χ3n) is 2.20. The third kappa shape index (κ3) is 1.67. The number of nitrogens with one attached hydrogen (secondary N) is 1. The first-order chi connectivity index (χ1) is 7.61. The molecule has 2 rings (SSSR count). The number of benzene rings is 1. The molecule has 0 unspecified atom stereocenters. The summed E-state index contributed by atoms with van der Waals surface area (Å²) >= 11 is 0. The average Bonchev–Trinajstić information content (AvgIpc) is 2.62. The van der Waals surface area contributed by atoms with E-state index >= 15 is 0 Å². The predicted octanol–water partition coefficient (Wildman–Crippen LogP) is 1.76. The topological polar surface area (TPSA) is 82.6 Å². The molecule has 1 aromatic heterocycles. The fraction of sp³-hybridized carbons (Fsp3) is 0.182. The van der Waals surface area contributed by atoms with E-state index in [-0.39, 0.29) is 23.8 Å². The van der Waals surface area contributed by atoms with Crippen LogP contribution in [0.25, 0.3) is 10.9 Å². The first-order valence-corrected chi connectivity index (χ1v) is 4.83. The van der Waals surface area contributed by atoms with E-state index < -0.39 is 5.97 Å². The van der Waals surface area contributed by atoms with E-state index in [2.05, 4.69) is 4.98 Å². The van der Waals surface area contributed by atoms with E-state index in [0.717, 1.165) is 0 Å². The molecule has 5 heteroatoms. The molecule has 2 aromatic rings. The van der Waals surface area contributed by atoms with Gasteiger partial charge in [-0.1, -0.05) is 0 Å². The molecule has 0 aliphatic heterocycles. The minimum absolute atomic E-state index is 0.0674. The summed E-state index contributed by atoms with van der Waals surface area (Å²) in [7, 11) is 0. The van der Waals surface area contributed by atoms with E-state index in [1.807, 2.05) is 0 Å². The van der Waals surface area contributed by atoms with Crippen LogP contribution in [-0.4, -0.2) is 27.8 Å². The first kappa shape index (κ1) is 10.4. The maximum absolute atomic E-state index is 11.4. The van der Waals surface area contributed by atoms with Crippen LogP contribution in [-0.2, 0) is 4.74 Å². The fourth-order valence-electron chi connectivity index (χ4n) is 1.52. The zero-order chi connectivity index (χ0) is 11.7. The zero-order valence-corrected chi connectivity index (χ0v) is 8.65. The van der Waals surface area contributed by atoms with Crippen LogP contribution in [0.1, 0.15) is 17.4 Å². The quantitative estimate of drug-likeness (QED) is 0.675. The lowest BCUT2D eigenvalue weighted by atomic mass is 10.2. The second-order valence-corrected chi connectivity index (χ2v) is 3.33. The van der Waals surface area contributed by atoms with Gasteiger partial charge in [0, 0.05) is 17.5 Å². The minimum atomic E-state index is -0.488. The van der Waals surface area contributed by atoms with Gasteiger partial charge in [0.15, 0.2) is 0 Å². The number of fused-ring (bicyclic) bond motifs is 1. The van der Waals surface area contributed by atoms with Gasteiger partial charge in [-0.25, -0.2) is 4.79 Å². The molecule has 0 atom stereocenters. The summed E-state index contributed by atoms with van der Waals surface area (Å²) in [5.74, 6) is -0.637. The van der Waals surface area contributed by atoms with Gasteiger partial charge in [-0.15, -0.1) is 0 Å². The molecule has 0 saturated heterocycles. The number of carbonyl (C=O) groups is 1. The Kier molecular flexibility index (Phi) is 2.44. The summed E-state index contributed by atoms with van der Waals surface area (Å²) in [4.78, 5) is 14.2. The number of carbonyl (C=O) groups excluding carboxylic acids is 1. The molecular weight excluding hydrogens is 210 g/mol. The fourth-order valence-corrected chi connectivity index (χ4v) is 1.52. The van der Waals surface area contributed by atoms with Crippen LogP contribution >= 0.6 is 0 Å². The molecule has 84 valence electrons. The lowest BCUT2D eigenvalue weighted by Crippen LogP contribution is -2.04. The molecule has 5 nitrogen and oxygen atoms in total. The van der Waals surface area contributed by atoms with E-state index in [9.17, 15) is 15.0 Å². The maximum atomic E-state index is 11.4. The summed E-state index contributed by atoms with van der Waals surface area (Å²) < 4.78 is 4.81. The van der Waals surface area contributed by atoms with Gasteiger partial charge in [0.1, 0.15) is 17.2 Å². The van der Waals surface area contributed by atoms with Gasteiger partial charge >= 0.3 is 5.97 Å². The van der Waals surface area contributed by atoms with Gasteiger partial charge in [-0.3, -0.25) is 0 Å². The van der Waals surface area contributed by atoms with Gasteiger partial charge in [-0.05, 0) is 13.0 Å². The van der Waals surface area contributed by atoms with Crippen LogP contribution in [0.2, 0.25) is 0 Å². The molecule has 0 fully saturated rings. The number of ether oxygens (including phenoxy) is 1. The Morgan fingerprint density at radius 1 is 1.38 bits per heavy atom.